The first kappa shape index (κ1) is 18.7. The maximum Gasteiger partial charge on any atom is 0.306 e. The van der Waals surface area contributed by atoms with Crippen molar-refractivity contribution in [3.05, 3.63) is 77.0 Å². The number of amides is 1. The average molecular weight is 381 g/mol. The normalized spacial score (nSPS) is 10.2. The number of benzene rings is 2. The van der Waals surface area contributed by atoms with E-state index in [1.54, 1.807) is 35.6 Å². The minimum Gasteiger partial charge on any atom is -0.457 e. The summed E-state index contributed by atoms with van der Waals surface area (Å²) in [5, 5.41) is 6.65. The molecule has 138 valence electrons. The van der Waals surface area contributed by atoms with E-state index in [4.69, 9.17) is 9.47 Å². The third-order valence-corrected chi connectivity index (χ3v) is 4.39. The van der Waals surface area contributed by atoms with Crippen LogP contribution in [0.25, 0.3) is 0 Å². The molecule has 1 N–H and O–H groups in total. The number of hydrogen-bond donors (Lipinski definition) is 1. The SMILES string of the molecule is O=C(COC(=O)CCc1ccsc1)Nc1cccc(Oc2ccccc2)c1. The fourth-order valence-electron chi connectivity index (χ4n) is 2.36. The molecular weight excluding hydrogens is 362 g/mol. The van der Waals surface area contributed by atoms with E-state index in [-0.39, 0.29) is 13.0 Å². The summed E-state index contributed by atoms with van der Waals surface area (Å²) in [6.07, 6.45) is 0.868. The van der Waals surface area contributed by atoms with Crippen LogP contribution in [0.3, 0.4) is 0 Å². The number of anilines is 1. The van der Waals surface area contributed by atoms with Crippen LogP contribution >= 0.6 is 11.3 Å². The number of aryl methyl sites for hydroxylation is 1. The molecule has 0 atom stereocenters. The molecule has 0 aliphatic heterocycles. The molecule has 3 rings (SSSR count). The first-order chi connectivity index (χ1) is 13.2. The van der Waals surface area contributed by atoms with E-state index >= 15 is 0 Å². The maximum atomic E-state index is 12.0. The summed E-state index contributed by atoms with van der Waals surface area (Å²) in [5.41, 5.74) is 1.67. The lowest BCUT2D eigenvalue weighted by molar-refractivity contribution is -0.147. The van der Waals surface area contributed by atoms with Crippen molar-refractivity contribution in [2.45, 2.75) is 12.8 Å². The second kappa shape index (κ2) is 9.54. The Hall–Kier alpha value is -3.12. The van der Waals surface area contributed by atoms with Gasteiger partial charge in [-0.25, -0.2) is 0 Å². The molecule has 0 fully saturated rings. The first-order valence-corrected chi connectivity index (χ1v) is 9.43. The predicted molar refractivity (Wildman–Crippen MR) is 105 cm³/mol. The molecule has 0 aliphatic carbocycles. The van der Waals surface area contributed by atoms with Gasteiger partial charge in [-0.05, 0) is 53.1 Å². The van der Waals surface area contributed by atoms with E-state index in [2.05, 4.69) is 5.32 Å². The molecule has 5 nitrogen and oxygen atoms in total. The van der Waals surface area contributed by atoms with Gasteiger partial charge < -0.3 is 14.8 Å². The van der Waals surface area contributed by atoms with Gasteiger partial charge in [-0.1, -0.05) is 24.3 Å². The molecule has 0 bridgehead atoms. The van der Waals surface area contributed by atoms with E-state index in [0.29, 0.717) is 23.6 Å². The van der Waals surface area contributed by atoms with E-state index in [1.165, 1.54) is 0 Å². The third kappa shape index (κ3) is 6.27. The third-order valence-electron chi connectivity index (χ3n) is 3.66. The van der Waals surface area contributed by atoms with E-state index in [1.807, 2.05) is 47.2 Å². The van der Waals surface area contributed by atoms with Gasteiger partial charge in [0, 0.05) is 18.2 Å². The summed E-state index contributed by atoms with van der Waals surface area (Å²) in [5.74, 6) is 0.528. The second-order valence-electron chi connectivity index (χ2n) is 5.78. The molecular formula is C21H19NO4S. The molecule has 0 saturated carbocycles. The molecule has 0 saturated heterocycles. The highest BCUT2D eigenvalue weighted by Gasteiger charge is 2.09. The molecule has 2 aromatic carbocycles. The fourth-order valence-corrected chi connectivity index (χ4v) is 3.06. The summed E-state index contributed by atoms with van der Waals surface area (Å²) >= 11 is 1.59. The fraction of sp³-hybridized carbons (Fsp3) is 0.143. The van der Waals surface area contributed by atoms with Crippen LogP contribution in [0.15, 0.2) is 71.4 Å². The number of carbonyl (C=O) groups is 2. The first-order valence-electron chi connectivity index (χ1n) is 8.48. The Bertz CT molecular complexity index is 878. The van der Waals surface area contributed by atoms with Gasteiger partial charge >= 0.3 is 5.97 Å². The average Bonchev–Trinajstić information content (AvgIpc) is 3.19. The molecule has 0 spiro atoms. The van der Waals surface area contributed by atoms with Crippen molar-refractivity contribution in [2.24, 2.45) is 0 Å². The molecule has 0 unspecified atom stereocenters. The van der Waals surface area contributed by atoms with Gasteiger partial charge in [-0.3, -0.25) is 9.59 Å². The Morgan fingerprint density at radius 1 is 0.963 bits per heavy atom. The van der Waals surface area contributed by atoms with Crippen molar-refractivity contribution in [1.29, 1.82) is 0 Å². The van der Waals surface area contributed by atoms with E-state index < -0.39 is 11.9 Å². The molecule has 6 heteroatoms. The van der Waals surface area contributed by atoms with Crippen LogP contribution < -0.4 is 10.1 Å². The summed E-state index contributed by atoms with van der Waals surface area (Å²) in [7, 11) is 0. The topological polar surface area (TPSA) is 64.6 Å². The van der Waals surface area contributed by atoms with Crippen molar-refractivity contribution in [3.63, 3.8) is 0 Å². The highest BCUT2D eigenvalue weighted by molar-refractivity contribution is 7.07. The zero-order valence-electron chi connectivity index (χ0n) is 14.6. The van der Waals surface area contributed by atoms with Crippen LogP contribution in [-0.2, 0) is 20.7 Å². The van der Waals surface area contributed by atoms with Crippen molar-refractivity contribution < 1.29 is 19.1 Å². The number of ether oxygens (including phenoxy) is 2. The number of hydrogen-bond acceptors (Lipinski definition) is 5. The van der Waals surface area contributed by atoms with Crippen LogP contribution in [0.4, 0.5) is 5.69 Å². The Balaban J connectivity index is 1.44. The number of esters is 1. The van der Waals surface area contributed by atoms with Crippen LogP contribution in [0.5, 0.6) is 11.5 Å². The van der Waals surface area contributed by atoms with Crippen LogP contribution in [0.1, 0.15) is 12.0 Å². The molecule has 27 heavy (non-hydrogen) atoms. The zero-order valence-corrected chi connectivity index (χ0v) is 15.4. The second-order valence-corrected chi connectivity index (χ2v) is 6.56. The largest absolute Gasteiger partial charge is 0.457 e. The Morgan fingerprint density at radius 2 is 1.78 bits per heavy atom. The summed E-state index contributed by atoms with van der Waals surface area (Å²) < 4.78 is 10.8. The Labute approximate surface area is 161 Å². The Morgan fingerprint density at radius 3 is 2.56 bits per heavy atom. The van der Waals surface area contributed by atoms with Crippen molar-refractivity contribution in [3.8, 4) is 11.5 Å². The van der Waals surface area contributed by atoms with Gasteiger partial charge in [0.1, 0.15) is 11.5 Å². The molecule has 1 heterocycles. The summed E-state index contributed by atoms with van der Waals surface area (Å²) in [6.45, 7) is -0.313. The Kier molecular flexibility index (Phi) is 6.60. The quantitative estimate of drug-likeness (QED) is 0.577. The molecule has 0 aliphatic rings. The number of nitrogens with one attached hydrogen (secondary N) is 1. The monoisotopic (exact) mass is 381 g/mol. The van der Waals surface area contributed by atoms with Crippen molar-refractivity contribution in [1.82, 2.24) is 0 Å². The van der Waals surface area contributed by atoms with Crippen molar-refractivity contribution >= 4 is 28.9 Å². The van der Waals surface area contributed by atoms with Gasteiger partial charge in [-0.2, -0.15) is 11.3 Å². The lowest BCUT2D eigenvalue weighted by Crippen LogP contribution is -2.21. The molecule has 1 aromatic heterocycles. The van der Waals surface area contributed by atoms with Crippen molar-refractivity contribution in [2.75, 3.05) is 11.9 Å². The van der Waals surface area contributed by atoms with E-state index in [9.17, 15) is 9.59 Å². The maximum absolute atomic E-state index is 12.0. The summed E-state index contributed by atoms with van der Waals surface area (Å²) in [6, 6.07) is 18.4. The van der Waals surface area contributed by atoms with Gasteiger partial charge in [-0.15, -0.1) is 0 Å². The van der Waals surface area contributed by atoms with Crippen LogP contribution in [0, 0.1) is 0 Å². The van der Waals surface area contributed by atoms with Gasteiger partial charge in [0.15, 0.2) is 6.61 Å². The predicted octanol–water partition coefficient (Wildman–Crippen LogP) is 4.65. The van der Waals surface area contributed by atoms with Crippen LogP contribution in [-0.4, -0.2) is 18.5 Å². The zero-order chi connectivity index (χ0) is 18.9. The molecule has 0 radical (unpaired) electrons. The van der Waals surface area contributed by atoms with Gasteiger partial charge in [0.05, 0.1) is 0 Å². The lowest BCUT2D eigenvalue weighted by atomic mass is 10.2. The summed E-state index contributed by atoms with van der Waals surface area (Å²) in [4.78, 5) is 23.7. The standard InChI is InChI=1S/C21H19NO4S/c23-20(14-25-21(24)10-9-16-11-12-27-15-16)22-17-5-4-8-19(13-17)26-18-6-2-1-3-7-18/h1-8,11-13,15H,9-10,14H2,(H,22,23). The number of rotatable bonds is 8. The minimum absolute atomic E-state index is 0.254. The number of carbonyl (C=O) groups excluding carboxylic acids is 2. The minimum atomic E-state index is -0.393. The number of para-hydroxylation sites is 1. The molecule has 3 aromatic rings. The lowest BCUT2D eigenvalue weighted by Gasteiger charge is -2.09. The highest BCUT2D eigenvalue weighted by atomic mass is 32.1. The van der Waals surface area contributed by atoms with E-state index in [0.717, 1.165) is 5.56 Å². The molecule has 1 amide bonds. The van der Waals surface area contributed by atoms with Crippen LogP contribution in [0.2, 0.25) is 0 Å². The van der Waals surface area contributed by atoms with Gasteiger partial charge in [0.2, 0.25) is 0 Å². The number of thiophene rings is 1. The van der Waals surface area contributed by atoms with Gasteiger partial charge in [0.25, 0.3) is 5.91 Å². The smallest absolute Gasteiger partial charge is 0.306 e. The highest BCUT2D eigenvalue weighted by Crippen LogP contribution is 2.23.